The lowest BCUT2D eigenvalue weighted by molar-refractivity contribution is 0.462. The summed E-state index contributed by atoms with van der Waals surface area (Å²) >= 11 is 0. The number of nitrogens with zero attached hydrogens (tertiary/aromatic N) is 2. The maximum absolute atomic E-state index is 8.68. The molecule has 0 aliphatic rings. The van der Waals surface area contributed by atoms with Crippen molar-refractivity contribution in [1.29, 1.82) is 5.26 Å². The Morgan fingerprint density at radius 2 is 2.06 bits per heavy atom. The van der Waals surface area contributed by atoms with Gasteiger partial charge in [-0.05, 0) is 29.7 Å². The molecule has 0 spiro atoms. The van der Waals surface area contributed by atoms with Gasteiger partial charge in [-0.1, -0.05) is 26.0 Å². The van der Waals surface area contributed by atoms with Gasteiger partial charge < -0.3 is 4.74 Å². The van der Waals surface area contributed by atoms with E-state index in [2.05, 4.69) is 24.9 Å². The average Bonchev–Trinajstić information content (AvgIpc) is 2.40. The van der Waals surface area contributed by atoms with E-state index >= 15 is 0 Å². The number of pyridine rings is 1. The Balaban J connectivity index is 2.18. The van der Waals surface area contributed by atoms with Gasteiger partial charge in [-0.3, -0.25) is 0 Å². The standard InChI is InChI=1S/C15H14N2O/c1-11(2)13-4-3-5-14(8-13)18-15-7-6-12(9-16)10-17-15/h3-8,10-11H,1-2H3. The summed E-state index contributed by atoms with van der Waals surface area (Å²) in [4.78, 5) is 4.07. The smallest absolute Gasteiger partial charge is 0.219 e. The van der Waals surface area contributed by atoms with E-state index in [-0.39, 0.29) is 0 Å². The van der Waals surface area contributed by atoms with Gasteiger partial charge in [0.2, 0.25) is 5.88 Å². The minimum Gasteiger partial charge on any atom is -0.439 e. The van der Waals surface area contributed by atoms with Gasteiger partial charge in [-0.2, -0.15) is 5.26 Å². The Morgan fingerprint density at radius 1 is 1.22 bits per heavy atom. The summed E-state index contributed by atoms with van der Waals surface area (Å²) in [6, 6.07) is 13.3. The summed E-state index contributed by atoms with van der Waals surface area (Å²) in [5.74, 6) is 1.72. The molecule has 0 saturated heterocycles. The Kier molecular flexibility index (Phi) is 3.59. The van der Waals surface area contributed by atoms with Gasteiger partial charge in [0.05, 0.1) is 5.56 Å². The predicted octanol–water partition coefficient (Wildman–Crippen LogP) is 3.87. The molecule has 0 radical (unpaired) electrons. The molecule has 1 aromatic heterocycles. The Labute approximate surface area is 107 Å². The molecule has 1 heterocycles. The fourth-order valence-electron chi connectivity index (χ4n) is 1.56. The number of rotatable bonds is 3. The zero-order valence-electron chi connectivity index (χ0n) is 10.4. The molecular weight excluding hydrogens is 224 g/mol. The molecule has 0 N–H and O–H groups in total. The highest BCUT2D eigenvalue weighted by atomic mass is 16.5. The van der Waals surface area contributed by atoms with Gasteiger partial charge in [0.1, 0.15) is 11.8 Å². The minimum atomic E-state index is 0.461. The third-order valence-electron chi connectivity index (χ3n) is 2.61. The molecule has 0 aliphatic heterocycles. The van der Waals surface area contributed by atoms with E-state index in [9.17, 15) is 0 Å². The highest BCUT2D eigenvalue weighted by molar-refractivity contribution is 5.34. The van der Waals surface area contributed by atoms with Crippen molar-refractivity contribution in [3.8, 4) is 17.7 Å². The fourth-order valence-corrected chi connectivity index (χ4v) is 1.56. The van der Waals surface area contributed by atoms with Crippen LogP contribution >= 0.6 is 0 Å². The van der Waals surface area contributed by atoms with Gasteiger partial charge in [-0.25, -0.2) is 4.98 Å². The van der Waals surface area contributed by atoms with E-state index in [4.69, 9.17) is 10.00 Å². The van der Waals surface area contributed by atoms with Crippen LogP contribution in [0.1, 0.15) is 30.9 Å². The van der Waals surface area contributed by atoms with Crippen LogP contribution in [-0.2, 0) is 0 Å². The summed E-state index contributed by atoms with van der Waals surface area (Å²) in [6.45, 7) is 4.28. The number of aromatic nitrogens is 1. The third-order valence-corrected chi connectivity index (χ3v) is 2.61. The van der Waals surface area contributed by atoms with Crippen LogP contribution in [0.15, 0.2) is 42.6 Å². The van der Waals surface area contributed by atoms with Crippen molar-refractivity contribution < 1.29 is 4.74 Å². The molecule has 90 valence electrons. The Morgan fingerprint density at radius 3 is 2.67 bits per heavy atom. The molecule has 2 rings (SSSR count). The topological polar surface area (TPSA) is 45.9 Å². The average molecular weight is 238 g/mol. The maximum atomic E-state index is 8.68. The minimum absolute atomic E-state index is 0.461. The summed E-state index contributed by atoms with van der Waals surface area (Å²) in [5.41, 5.74) is 1.75. The third kappa shape index (κ3) is 2.86. The lowest BCUT2D eigenvalue weighted by atomic mass is 10.0. The van der Waals surface area contributed by atoms with Crippen LogP contribution in [0.3, 0.4) is 0 Å². The van der Waals surface area contributed by atoms with E-state index in [1.54, 1.807) is 12.1 Å². The van der Waals surface area contributed by atoms with E-state index < -0.39 is 0 Å². The van der Waals surface area contributed by atoms with Crippen molar-refractivity contribution in [3.05, 3.63) is 53.7 Å². The second-order valence-electron chi connectivity index (χ2n) is 4.33. The van der Waals surface area contributed by atoms with Crippen LogP contribution in [0.4, 0.5) is 0 Å². The van der Waals surface area contributed by atoms with Crippen LogP contribution in [0.25, 0.3) is 0 Å². The zero-order chi connectivity index (χ0) is 13.0. The van der Waals surface area contributed by atoms with Crippen molar-refractivity contribution in [2.75, 3.05) is 0 Å². The quantitative estimate of drug-likeness (QED) is 0.815. The molecule has 0 saturated carbocycles. The normalized spacial score (nSPS) is 10.1. The van der Waals surface area contributed by atoms with E-state index in [1.807, 2.05) is 24.3 Å². The second-order valence-corrected chi connectivity index (χ2v) is 4.33. The van der Waals surface area contributed by atoms with Crippen LogP contribution < -0.4 is 4.74 Å². The highest BCUT2D eigenvalue weighted by Gasteiger charge is 2.03. The summed E-state index contributed by atoms with van der Waals surface area (Å²) in [5, 5.41) is 8.68. The number of hydrogen-bond donors (Lipinski definition) is 0. The Hall–Kier alpha value is -2.34. The van der Waals surface area contributed by atoms with Crippen molar-refractivity contribution in [2.45, 2.75) is 19.8 Å². The first-order valence-corrected chi connectivity index (χ1v) is 5.83. The van der Waals surface area contributed by atoms with Crippen LogP contribution in [0.2, 0.25) is 0 Å². The van der Waals surface area contributed by atoms with E-state index in [1.165, 1.54) is 11.8 Å². The number of ether oxygens (including phenoxy) is 1. The molecule has 0 bridgehead atoms. The van der Waals surface area contributed by atoms with Gasteiger partial charge >= 0.3 is 0 Å². The first kappa shape index (κ1) is 12.1. The summed E-state index contributed by atoms with van der Waals surface area (Å²) < 4.78 is 5.65. The number of nitriles is 1. The molecule has 0 amide bonds. The van der Waals surface area contributed by atoms with Gasteiger partial charge in [-0.15, -0.1) is 0 Å². The first-order valence-electron chi connectivity index (χ1n) is 5.83. The predicted molar refractivity (Wildman–Crippen MR) is 69.6 cm³/mol. The van der Waals surface area contributed by atoms with Crippen molar-refractivity contribution in [2.24, 2.45) is 0 Å². The van der Waals surface area contributed by atoms with E-state index in [0.29, 0.717) is 17.4 Å². The lowest BCUT2D eigenvalue weighted by Crippen LogP contribution is -1.91. The molecule has 1 aromatic carbocycles. The molecular formula is C15H14N2O. The Bertz CT molecular complexity index is 568. The fraction of sp³-hybridized carbons (Fsp3) is 0.200. The molecule has 0 aliphatic carbocycles. The summed E-state index contributed by atoms with van der Waals surface area (Å²) in [7, 11) is 0. The van der Waals surface area contributed by atoms with Gasteiger partial charge in [0.15, 0.2) is 0 Å². The van der Waals surface area contributed by atoms with Crippen LogP contribution in [0, 0.1) is 11.3 Å². The first-order chi connectivity index (χ1) is 8.69. The second kappa shape index (κ2) is 5.33. The highest BCUT2D eigenvalue weighted by Crippen LogP contribution is 2.23. The van der Waals surface area contributed by atoms with Crippen molar-refractivity contribution in [3.63, 3.8) is 0 Å². The monoisotopic (exact) mass is 238 g/mol. The molecule has 0 fully saturated rings. The van der Waals surface area contributed by atoms with Gasteiger partial charge in [0.25, 0.3) is 0 Å². The van der Waals surface area contributed by atoms with E-state index in [0.717, 1.165) is 5.75 Å². The summed E-state index contributed by atoms with van der Waals surface area (Å²) in [6.07, 6.45) is 1.50. The molecule has 18 heavy (non-hydrogen) atoms. The SMILES string of the molecule is CC(C)c1cccc(Oc2ccc(C#N)cn2)c1. The zero-order valence-corrected chi connectivity index (χ0v) is 10.4. The van der Waals surface area contributed by atoms with Crippen molar-refractivity contribution in [1.82, 2.24) is 4.98 Å². The maximum Gasteiger partial charge on any atom is 0.219 e. The largest absolute Gasteiger partial charge is 0.439 e. The lowest BCUT2D eigenvalue weighted by Gasteiger charge is -2.08. The van der Waals surface area contributed by atoms with Gasteiger partial charge in [0, 0.05) is 12.3 Å². The molecule has 2 aromatic rings. The molecule has 0 unspecified atom stereocenters. The molecule has 3 heteroatoms. The van der Waals surface area contributed by atoms with Crippen LogP contribution in [0.5, 0.6) is 11.6 Å². The number of benzene rings is 1. The van der Waals surface area contributed by atoms with Crippen LogP contribution in [-0.4, -0.2) is 4.98 Å². The molecule has 0 atom stereocenters. The van der Waals surface area contributed by atoms with Crippen molar-refractivity contribution >= 4 is 0 Å². The molecule has 3 nitrogen and oxygen atoms in total. The number of hydrogen-bond acceptors (Lipinski definition) is 3.